The highest BCUT2D eigenvalue weighted by molar-refractivity contribution is 9.10. The fourth-order valence-electron chi connectivity index (χ4n) is 2.02. The molecule has 1 aliphatic rings. The van der Waals surface area contributed by atoms with Gasteiger partial charge in [0.05, 0.1) is 5.56 Å². The zero-order valence-corrected chi connectivity index (χ0v) is 14.1. The molecule has 2 aromatic rings. The monoisotopic (exact) mass is 373 g/mol. The second-order valence-corrected chi connectivity index (χ2v) is 6.32. The summed E-state index contributed by atoms with van der Waals surface area (Å²) in [5, 5.41) is 0. The Morgan fingerprint density at radius 1 is 1.14 bits per heavy atom. The average Bonchev–Trinajstić information content (AvgIpc) is 2.89. The number of ether oxygens (including phenoxy) is 1. The molecular formula is C17H12BrNO2S. The fraction of sp³-hybridized carbons (Fsp3) is 0.0588. The van der Waals surface area contributed by atoms with Gasteiger partial charge in [-0.1, -0.05) is 24.3 Å². The molecule has 0 atom stereocenters. The lowest BCUT2D eigenvalue weighted by Crippen LogP contribution is -2.05. The Hall–Kier alpha value is -1.85. The molecule has 0 saturated carbocycles. The van der Waals surface area contributed by atoms with Crippen LogP contribution < -0.4 is 0 Å². The summed E-state index contributed by atoms with van der Waals surface area (Å²) in [5.41, 5.74) is 1.99. The molecule has 0 unspecified atom stereocenters. The first-order valence-electron chi connectivity index (χ1n) is 6.59. The summed E-state index contributed by atoms with van der Waals surface area (Å²) in [5.74, 6) is -0.107. The molecule has 5 heteroatoms. The molecule has 0 saturated heterocycles. The van der Waals surface area contributed by atoms with Crippen molar-refractivity contribution in [2.24, 2.45) is 4.99 Å². The largest absolute Gasteiger partial charge is 0.402 e. The van der Waals surface area contributed by atoms with E-state index in [-0.39, 0.29) is 0 Å². The third-order valence-electron chi connectivity index (χ3n) is 3.14. The number of rotatable bonds is 3. The summed E-state index contributed by atoms with van der Waals surface area (Å²) < 4.78 is 6.11. The van der Waals surface area contributed by atoms with E-state index in [0.29, 0.717) is 11.6 Å². The number of hydrogen-bond donors (Lipinski definition) is 0. The van der Waals surface area contributed by atoms with Crippen LogP contribution in [0.1, 0.15) is 11.1 Å². The van der Waals surface area contributed by atoms with Gasteiger partial charge in [-0.15, -0.1) is 11.8 Å². The molecular weight excluding hydrogens is 362 g/mol. The maximum atomic E-state index is 12.0. The van der Waals surface area contributed by atoms with Crippen molar-refractivity contribution in [2.75, 3.05) is 6.26 Å². The average molecular weight is 374 g/mol. The van der Waals surface area contributed by atoms with Crippen LogP contribution in [0.25, 0.3) is 6.08 Å². The van der Waals surface area contributed by atoms with Crippen molar-refractivity contribution in [2.45, 2.75) is 4.90 Å². The molecule has 2 aromatic carbocycles. The molecule has 0 radical (unpaired) electrons. The first-order valence-corrected chi connectivity index (χ1v) is 8.60. The van der Waals surface area contributed by atoms with Gasteiger partial charge in [0.15, 0.2) is 5.70 Å². The summed E-state index contributed by atoms with van der Waals surface area (Å²) >= 11 is 5.11. The van der Waals surface area contributed by atoms with Gasteiger partial charge in [-0.05, 0) is 58.1 Å². The van der Waals surface area contributed by atoms with Gasteiger partial charge in [0.25, 0.3) is 0 Å². The Morgan fingerprint density at radius 2 is 1.86 bits per heavy atom. The van der Waals surface area contributed by atoms with Crippen molar-refractivity contribution in [1.82, 2.24) is 0 Å². The lowest BCUT2D eigenvalue weighted by Gasteiger charge is -2.01. The quantitative estimate of drug-likeness (QED) is 0.451. The molecule has 0 fully saturated rings. The zero-order valence-electron chi connectivity index (χ0n) is 11.7. The lowest BCUT2D eigenvalue weighted by molar-refractivity contribution is -0.129. The number of nitrogens with zero attached hydrogens (tertiary/aromatic N) is 1. The molecule has 1 aliphatic heterocycles. The molecule has 3 nitrogen and oxygen atoms in total. The fourth-order valence-corrected chi connectivity index (χ4v) is 2.88. The van der Waals surface area contributed by atoms with Gasteiger partial charge < -0.3 is 4.74 Å². The molecule has 3 rings (SSSR count). The van der Waals surface area contributed by atoms with E-state index in [4.69, 9.17) is 4.74 Å². The number of aliphatic imine (C=N–C) groups is 1. The third kappa shape index (κ3) is 3.15. The summed E-state index contributed by atoms with van der Waals surface area (Å²) in [6, 6.07) is 15.4. The molecule has 0 spiro atoms. The van der Waals surface area contributed by atoms with E-state index in [9.17, 15) is 4.79 Å². The summed E-state index contributed by atoms with van der Waals surface area (Å²) in [7, 11) is 0. The van der Waals surface area contributed by atoms with Crippen LogP contribution in [-0.4, -0.2) is 18.1 Å². The van der Waals surface area contributed by atoms with Crippen molar-refractivity contribution < 1.29 is 9.53 Å². The first kappa shape index (κ1) is 15.1. The summed E-state index contributed by atoms with van der Waals surface area (Å²) in [6.07, 6.45) is 3.76. The van der Waals surface area contributed by atoms with Gasteiger partial charge in [-0.2, -0.15) is 0 Å². The minimum Gasteiger partial charge on any atom is -0.402 e. The predicted molar refractivity (Wildman–Crippen MR) is 93.0 cm³/mol. The second-order valence-electron chi connectivity index (χ2n) is 4.59. The topological polar surface area (TPSA) is 38.7 Å². The minimum atomic E-state index is -0.431. The highest BCUT2D eigenvalue weighted by Crippen LogP contribution is 2.24. The molecule has 0 N–H and O–H groups in total. The zero-order chi connectivity index (χ0) is 15.5. The van der Waals surface area contributed by atoms with Crippen LogP contribution in [0, 0.1) is 0 Å². The van der Waals surface area contributed by atoms with E-state index in [1.54, 1.807) is 17.8 Å². The summed E-state index contributed by atoms with van der Waals surface area (Å²) in [4.78, 5) is 17.5. The lowest BCUT2D eigenvalue weighted by atomic mass is 10.2. The van der Waals surface area contributed by atoms with Crippen LogP contribution in [0.4, 0.5) is 0 Å². The maximum absolute atomic E-state index is 12.0. The van der Waals surface area contributed by atoms with E-state index in [2.05, 4.69) is 20.9 Å². The van der Waals surface area contributed by atoms with Crippen LogP contribution in [0.15, 0.2) is 68.6 Å². The van der Waals surface area contributed by atoms with Gasteiger partial charge in [0, 0.05) is 9.37 Å². The molecule has 0 bridgehead atoms. The number of benzene rings is 2. The van der Waals surface area contributed by atoms with E-state index < -0.39 is 5.97 Å². The third-order valence-corrected chi connectivity index (χ3v) is 4.58. The van der Waals surface area contributed by atoms with Crippen molar-refractivity contribution in [3.05, 3.63) is 69.8 Å². The Labute approximate surface area is 141 Å². The minimum absolute atomic E-state index is 0.308. The Morgan fingerprint density at radius 3 is 2.55 bits per heavy atom. The van der Waals surface area contributed by atoms with Crippen molar-refractivity contribution >= 4 is 45.6 Å². The molecule has 0 amide bonds. The number of esters is 1. The number of carbonyl (C=O) groups is 1. The Kier molecular flexibility index (Phi) is 4.45. The molecule has 110 valence electrons. The van der Waals surface area contributed by atoms with Gasteiger partial charge in [0.2, 0.25) is 5.90 Å². The van der Waals surface area contributed by atoms with Crippen molar-refractivity contribution in [1.29, 1.82) is 0 Å². The highest BCUT2D eigenvalue weighted by atomic mass is 79.9. The van der Waals surface area contributed by atoms with Crippen LogP contribution in [0.3, 0.4) is 0 Å². The molecule has 0 aliphatic carbocycles. The van der Waals surface area contributed by atoms with Crippen LogP contribution >= 0.6 is 27.7 Å². The molecule has 1 heterocycles. The van der Waals surface area contributed by atoms with E-state index in [1.165, 1.54) is 4.90 Å². The van der Waals surface area contributed by atoms with E-state index in [0.717, 1.165) is 15.6 Å². The SMILES string of the molecule is CSc1ccc(/C=C2/N=C(c3ccccc3Br)OC2=O)cc1. The van der Waals surface area contributed by atoms with Crippen LogP contribution in [-0.2, 0) is 9.53 Å². The molecule has 0 aromatic heterocycles. The van der Waals surface area contributed by atoms with Gasteiger partial charge in [-0.25, -0.2) is 9.79 Å². The number of cyclic esters (lactones) is 1. The van der Waals surface area contributed by atoms with Crippen LogP contribution in [0.2, 0.25) is 0 Å². The van der Waals surface area contributed by atoms with Gasteiger partial charge >= 0.3 is 5.97 Å². The Bertz CT molecular complexity index is 782. The van der Waals surface area contributed by atoms with Gasteiger partial charge in [-0.3, -0.25) is 0 Å². The van der Waals surface area contributed by atoms with Crippen molar-refractivity contribution in [3.8, 4) is 0 Å². The normalized spacial score (nSPS) is 15.8. The van der Waals surface area contributed by atoms with Crippen LogP contribution in [0.5, 0.6) is 0 Å². The number of carbonyl (C=O) groups excluding carboxylic acids is 1. The van der Waals surface area contributed by atoms with Crippen molar-refractivity contribution in [3.63, 3.8) is 0 Å². The van der Waals surface area contributed by atoms with E-state index >= 15 is 0 Å². The smallest absolute Gasteiger partial charge is 0.363 e. The number of halogens is 1. The molecule has 22 heavy (non-hydrogen) atoms. The second kappa shape index (κ2) is 6.50. The predicted octanol–water partition coefficient (Wildman–Crippen LogP) is 4.52. The number of hydrogen-bond acceptors (Lipinski definition) is 4. The van der Waals surface area contributed by atoms with Gasteiger partial charge in [0.1, 0.15) is 0 Å². The van der Waals surface area contributed by atoms with E-state index in [1.807, 2.05) is 54.8 Å². The number of thioether (sulfide) groups is 1. The first-order chi connectivity index (χ1) is 10.7. The maximum Gasteiger partial charge on any atom is 0.363 e. The Balaban J connectivity index is 1.92. The highest BCUT2D eigenvalue weighted by Gasteiger charge is 2.25. The summed E-state index contributed by atoms with van der Waals surface area (Å²) in [6.45, 7) is 0. The standard InChI is InChI=1S/C17H12BrNO2S/c1-22-12-8-6-11(7-9-12)10-15-17(20)21-16(19-15)13-4-2-3-5-14(13)18/h2-10H,1H3/b15-10+.